The van der Waals surface area contributed by atoms with Crippen molar-refractivity contribution < 1.29 is 23.6 Å². The van der Waals surface area contributed by atoms with Crippen molar-refractivity contribution in [3.63, 3.8) is 0 Å². The highest BCUT2D eigenvalue weighted by atomic mass is 31.1. The number of carbonyl (C=O) groups excluding carboxylic acids is 2. The number of hydrogen-bond acceptors (Lipinski definition) is 6. The average molecular weight is 496 g/mol. The monoisotopic (exact) mass is 496 g/mol. The Kier molecular flexibility index (Phi) is 6.99. The van der Waals surface area contributed by atoms with Crippen LogP contribution in [0.5, 0.6) is 5.75 Å². The summed E-state index contributed by atoms with van der Waals surface area (Å²) < 4.78 is 19.2. The van der Waals surface area contributed by atoms with Crippen LogP contribution in [0.15, 0.2) is 48.5 Å². The summed E-state index contributed by atoms with van der Waals surface area (Å²) in [6.07, 6.45) is 0.576. The largest absolute Gasteiger partial charge is 0.426 e. The summed E-state index contributed by atoms with van der Waals surface area (Å²) in [7, 11) is -3.07. The molecule has 0 bridgehead atoms. The molecule has 0 fully saturated rings. The summed E-state index contributed by atoms with van der Waals surface area (Å²) in [4.78, 5) is 38.2. The molecule has 0 spiro atoms. The number of nitrogens with two attached hydrogens (primary N) is 1. The number of amides is 2. The van der Waals surface area contributed by atoms with Gasteiger partial charge >= 0.3 is 8.25 Å². The molecule has 11 nitrogen and oxygen atoms in total. The lowest BCUT2D eigenvalue weighted by Crippen LogP contribution is -2.20. The Morgan fingerprint density at radius 1 is 1.17 bits per heavy atom. The van der Waals surface area contributed by atoms with Gasteiger partial charge in [-0.05, 0) is 62.2 Å². The first-order valence-corrected chi connectivity index (χ1v) is 12.2. The Balaban J connectivity index is 1.64. The van der Waals surface area contributed by atoms with E-state index in [4.69, 9.17) is 15.2 Å². The molecule has 35 heavy (non-hydrogen) atoms. The van der Waals surface area contributed by atoms with E-state index >= 15 is 0 Å². The quantitative estimate of drug-likeness (QED) is 0.301. The Morgan fingerprint density at radius 3 is 2.57 bits per heavy atom. The number of anilines is 1. The summed E-state index contributed by atoms with van der Waals surface area (Å²) in [6.45, 7) is 4.73. The van der Waals surface area contributed by atoms with Gasteiger partial charge in [0.25, 0.3) is 5.91 Å². The highest BCUT2D eigenvalue weighted by molar-refractivity contribution is 7.32. The van der Waals surface area contributed by atoms with E-state index in [-0.39, 0.29) is 5.91 Å². The van der Waals surface area contributed by atoms with E-state index in [2.05, 4.69) is 15.4 Å². The smallest absolute Gasteiger partial charge is 0.365 e. The maximum absolute atomic E-state index is 13.1. The van der Waals surface area contributed by atoms with Gasteiger partial charge in [0.15, 0.2) is 0 Å². The van der Waals surface area contributed by atoms with E-state index in [1.54, 1.807) is 53.2 Å². The topological polar surface area (TPSA) is 154 Å². The minimum atomic E-state index is -3.07. The third kappa shape index (κ3) is 5.42. The van der Waals surface area contributed by atoms with E-state index in [0.717, 1.165) is 16.8 Å². The van der Waals surface area contributed by atoms with Crippen LogP contribution in [0.2, 0.25) is 0 Å². The first kappa shape index (κ1) is 24.2. The number of rotatable bonds is 9. The van der Waals surface area contributed by atoms with Crippen LogP contribution in [0.3, 0.4) is 0 Å². The van der Waals surface area contributed by atoms with Crippen molar-refractivity contribution in [3.8, 4) is 5.75 Å². The van der Waals surface area contributed by atoms with E-state index in [1.165, 1.54) is 0 Å². The van der Waals surface area contributed by atoms with Gasteiger partial charge in [0.2, 0.25) is 11.9 Å². The maximum atomic E-state index is 13.1. The summed E-state index contributed by atoms with van der Waals surface area (Å²) in [5, 5.41) is 7.20. The van der Waals surface area contributed by atoms with E-state index < -0.39 is 14.2 Å². The Bertz CT molecular complexity index is 1430. The lowest BCUT2D eigenvalue weighted by molar-refractivity contribution is 0.0996. The van der Waals surface area contributed by atoms with Crippen LogP contribution in [0.25, 0.3) is 11.0 Å². The molecule has 0 aliphatic carbocycles. The molecule has 182 valence electrons. The molecule has 1 atom stereocenters. The molecule has 2 aromatic heterocycles. The third-order valence-electron chi connectivity index (χ3n) is 5.44. The predicted molar refractivity (Wildman–Crippen MR) is 131 cm³/mol. The standard InChI is InChI=1S/C23H25N6O5P/c1-3-29-20(12-14(2)27-29)22(31)26-23-25-18-13-16(21(24)30)6-9-19(18)28(23)11-10-15-4-7-17(8-5-15)34-35(32)33/h4-9,12-13,35H,3,10-11H2,1-2H3,(H2,24,30)(H,32,33)(H,25,26,31). The van der Waals surface area contributed by atoms with E-state index in [9.17, 15) is 14.2 Å². The van der Waals surface area contributed by atoms with E-state index in [0.29, 0.717) is 48.0 Å². The molecule has 0 aliphatic heterocycles. The molecule has 2 amide bonds. The number of aromatic nitrogens is 4. The second kappa shape index (κ2) is 10.1. The molecule has 2 aromatic carbocycles. The zero-order valence-corrected chi connectivity index (χ0v) is 20.2. The Morgan fingerprint density at radius 2 is 1.91 bits per heavy atom. The molecule has 2 heterocycles. The van der Waals surface area contributed by atoms with Crippen LogP contribution in [0.4, 0.5) is 5.95 Å². The number of aryl methyl sites for hydroxylation is 4. The minimum Gasteiger partial charge on any atom is -0.426 e. The summed E-state index contributed by atoms with van der Waals surface area (Å²) in [6, 6.07) is 13.5. The van der Waals surface area contributed by atoms with Gasteiger partial charge in [0.1, 0.15) is 11.4 Å². The number of nitrogens with one attached hydrogen (secondary N) is 1. The number of nitrogens with zero attached hydrogens (tertiary/aromatic N) is 4. The van der Waals surface area contributed by atoms with Gasteiger partial charge < -0.3 is 19.7 Å². The molecule has 0 radical (unpaired) electrons. The van der Waals surface area contributed by atoms with Gasteiger partial charge in [-0.1, -0.05) is 12.1 Å². The number of hydrogen-bond donors (Lipinski definition) is 3. The number of fused-ring (bicyclic) bond motifs is 1. The molecular formula is C23H25N6O5P. The van der Waals surface area contributed by atoms with Crippen LogP contribution >= 0.6 is 8.25 Å². The van der Waals surface area contributed by atoms with Crippen LogP contribution in [0, 0.1) is 6.92 Å². The summed E-state index contributed by atoms with van der Waals surface area (Å²) >= 11 is 0. The number of imidazole rings is 1. The van der Waals surface area contributed by atoms with Gasteiger partial charge in [-0.15, -0.1) is 0 Å². The summed E-state index contributed by atoms with van der Waals surface area (Å²) in [5.74, 6) is -0.281. The fourth-order valence-electron chi connectivity index (χ4n) is 3.81. The first-order chi connectivity index (χ1) is 16.7. The van der Waals surface area contributed by atoms with Gasteiger partial charge in [0, 0.05) is 18.7 Å². The van der Waals surface area contributed by atoms with Crippen LogP contribution in [-0.4, -0.2) is 36.0 Å². The van der Waals surface area contributed by atoms with Gasteiger partial charge in [-0.2, -0.15) is 5.10 Å². The molecule has 0 saturated heterocycles. The number of primary amides is 1. The van der Waals surface area contributed by atoms with Crippen molar-refractivity contribution in [2.45, 2.75) is 33.4 Å². The lowest BCUT2D eigenvalue weighted by atomic mass is 10.1. The molecule has 4 N–H and O–H groups in total. The molecular weight excluding hydrogens is 471 g/mol. The molecule has 0 aliphatic rings. The second-order valence-corrected chi connectivity index (χ2v) is 8.59. The zero-order chi connectivity index (χ0) is 25.1. The number of benzene rings is 2. The lowest BCUT2D eigenvalue weighted by Gasteiger charge is -2.11. The first-order valence-electron chi connectivity index (χ1n) is 10.9. The van der Waals surface area contributed by atoms with Crippen LogP contribution in [0.1, 0.15) is 39.0 Å². The van der Waals surface area contributed by atoms with Crippen molar-refractivity contribution in [2.24, 2.45) is 5.73 Å². The highest BCUT2D eigenvalue weighted by Gasteiger charge is 2.19. The van der Waals surface area contributed by atoms with Crippen molar-refractivity contribution >= 4 is 37.1 Å². The maximum Gasteiger partial charge on any atom is 0.365 e. The van der Waals surface area contributed by atoms with E-state index in [1.807, 2.05) is 18.4 Å². The van der Waals surface area contributed by atoms with Crippen molar-refractivity contribution in [1.29, 1.82) is 0 Å². The zero-order valence-electron chi connectivity index (χ0n) is 19.2. The van der Waals surface area contributed by atoms with Crippen LogP contribution in [-0.2, 0) is 24.1 Å². The van der Waals surface area contributed by atoms with Gasteiger partial charge in [-0.25, -0.2) is 9.55 Å². The normalized spacial score (nSPS) is 12.0. The highest BCUT2D eigenvalue weighted by Crippen LogP contribution is 2.25. The molecule has 0 saturated carbocycles. The number of carbonyl (C=O) groups is 2. The van der Waals surface area contributed by atoms with Gasteiger partial charge in [-0.3, -0.25) is 19.6 Å². The summed E-state index contributed by atoms with van der Waals surface area (Å²) in [5.41, 5.74) is 9.08. The SMILES string of the molecule is CCn1nc(C)cc1C(=O)Nc1nc2cc(C(N)=O)ccc2n1CCc1ccc(O[PH](=O)O)cc1. The molecule has 4 aromatic rings. The average Bonchev–Trinajstić information content (AvgIpc) is 3.37. The fourth-order valence-corrected chi connectivity index (χ4v) is 4.14. The fraction of sp³-hybridized carbons (Fsp3) is 0.217. The minimum absolute atomic E-state index is 0.308. The Labute approximate surface area is 201 Å². The van der Waals surface area contributed by atoms with Crippen molar-refractivity contribution in [2.75, 3.05) is 5.32 Å². The third-order valence-corrected chi connectivity index (χ3v) is 5.86. The molecule has 1 unspecified atom stereocenters. The Hall–Kier alpha value is -3.95. The molecule has 4 rings (SSSR count). The second-order valence-electron chi connectivity index (χ2n) is 7.86. The van der Waals surface area contributed by atoms with Crippen LogP contribution < -0.4 is 15.6 Å². The van der Waals surface area contributed by atoms with Crippen molar-refractivity contribution in [1.82, 2.24) is 19.3 Å². The van der Waals surface area contributed by atoms with Gasteiger partial charge in [0.05, 0.1) is 16.7 Å². The predicted octanol–water partition coefficient (Wildman–Crippen LogP) is 2.92. The van der Waals surface area contributed by atoms with Crippen molar-refractivity contribution in [3.05, 3.63) is 71.0 Å². The molecule has 12 heteroatoms.